The minimum Gasteiger partial charge on any atom is -0.495 e. The number of nitrogens with one attached hydrogen (secondary N) is 1. The molecule has 10 heteroatoms. The molecular formula is C17H17Cl3N2O4S. The number of sulfonamides is 1. The number of amides is 1. The van der Waals surface area contributed by atoms with Gasteiger partial charge in [-0.05, 0) is 36.4 Å². The lowest BCUT2D eigenvalue weighted by atomic mass is 10.3. The predicted molar refractivity (Wildman–Crippen MR) is 108 cm³/mol. The van der Waals surface area contributed by atoms with Gasteiger partial charge in [0.15, 0.2) is 0 Å². The third-order valence-corrected chi connectivity index (χ3v) is 6.55. The monoisotopic (exact) mass is 450 g/mol. The van der Waals surface area contributed by atoms with Gasteiger partial charge >= 0.3 is 0 Å². The Hall–Kier alpha value is -1.51. The van der Waals surface area contributed by atoms with E-state index in [4.69, 9.17) is 39.5 Å². The standard InChI is InChI=1S/C17H17Cl3N2O4S/c1-3-22(27(24,25)16-8-11(18)4-6-13(16)19)10-17(23)21-12-5-7-15(26-2)14(20)9-12/h4-9H,3,10H2,1-2H3,(H,21,23). The lowest BCUT2D eigenvalue weighted by Gasteiger charge is -2.21. The van der Waals surface area contributed by atoms with E-state index < -0.39 is 22.5 Å². The maximum absolute atomic E-state index is 12.8. The van der Waals surface area contributed by atoms with Gasteiger partial charge in [-0.3, -0.25) is 4.79 Å². The molecule has 0 saturated carbocycles. The molecule has 0 heterocycles. The zero-order chi connectivity index (χ0) is 20.2. The second-order valence-corrected chi connectivity index (χ2v) is 8.56. The zero-order valence-electron chi connectivity index (χ0n) is 14.5. The number of nitrogens with zero attached hydrogens (tertiary/aromatic N) is 1. The van der Waals surface area contributed by atoms with Crippen molar-refractivity contribution in [1.82, 2.24) is 4.31 Å². The molecule has 0 aliphatic carbocycles. The molecule has 2 aromatic carbocycles. The number of methoxy groups -OCH3 is 1. The van der Waals surface area contributed by atoms with Crippen LogP contribution < -0.4 is 10.1 Å². The SMILES string of the molecule is CCN(CC(=O)Nc1ccc(OC)c(Cl)c1)S(=O)(=O)c1cc(Cl)ccc1Cl. The Labute approximate surface area is 173 Å². The smallest absolute Gasteiger partial charge is 0.245 e. The lowest BCUT2D eigenvalue weighted by molar-refractivity contribution is -0.116. The van der Waals surface area contributed by atoms with Crippen LogP contribution in [0.3, 0.4) is 0 Å². The number of anilines is 1. The summed E-state index contributed by atoms with van der Waals surface area (Å²) in [5.74, 6) is -0.0668. The molecule has 0 unspecified atom stereocenters. The zero-order valence-corrected chi connectivity index (χ0v) is 17.6. The van der Waals surface area contributed by atoms with Crippen molar-refractivity contribution >= 4 is 56.4 Å². The molecule has 0 aliphatic heterocycles. The average Bonchev–Trinajstić information content (AvgIpc) is 2.61. The summed E-state index contributed by atoms with van der Waals surface area (Å²) in [6.07, 6.45) is 0. The highest BCUT2D eigenvalue weighted by Crippen LogP contribution is 2.29. The molecule has 27 heavy (non-hydrogen) atoms. The molecular weight excluding hydrogens is 435 g/mol. The largest absolute Gasteiger partial charge is 0.495 e. The molecule has 6 nitrogen and oxygen atoms in total. The first-order valence-corrected chi connectivity index (χ1v) is 10.3. The van der Waals surface area contributed by atoms with E-state index in [1.165, 1.54) is 31.4 Å². The maximum Gasteiger partial charge on any atom is 0.245 e. The second kappa shape index (κ2) is 9.12. The van der Waals surface area contributed by atoms with Crippen molar-refractivity contribution in [2.45, 2.75) is 11.8 Å². The molecule has 0 radical (unpaired) electrons. The summed E-state index contributed by atoms with van der Waals surface area (Å²) >= 11 is 17.9. The van der Waals surface area contributed by atoms with Gasteiger partial charge in [0.1, 0.15) is 10.6 Å². The predicted octanol–water partition coefficient (Wildman–Crippen LogP) is 4.30. The van der Waals surface area contributed by atoms with Gasteiger partial charge in [0.2, 0.25) is 15.9 Å². The quantitative estimate of drug-likeness (QED) is 0.681. The molecule has 0 atom stereocenters. The van der Waals surface area contributed by atoms with Gasteiger partial charge in [-0.2, -0.15) is 4.31 Å². The first kappa shape index (κ1) is 21.8. The number of ether oxygens (including phenoxy) is 1. The Balaban J connectivity index is 2.19. The third-order valence-electron chi connectivity index (χ3n) is 3.62. The van der Waals surface area contributed by atoms with E-state index in [0.29, 0.717) is 16.5 Å². The van der Waals surface area contributed by atoms with Crippen molar-refractivity contribution in [2.24, 2.45) is 0 Å². The molecule has 146 valence electrons. The number of carbonyl (C=O) groups excluding carboxylic acids is 1. The van der Waals surface area contributed by atoms with E-state index in [1.807, 2.05) is 0 Å². The van der Waals surface area contributed by atoms with Crippen molar-refractivity contribution in [2.75, 3.05) is 25.5 Å². The molecule has 0 bridgehead atoms. The lowest BCUT2D eigenvalue weighted by Crippen LogP contribution is -2.38. The Morgan fingerprint density at radius 2 is 1.81 bits per heavy atom. The van der Waals surface area contributed by atoms with Crippen molar-refractivity contribution < 1.29 is 17.9 Å². The minimum atomic E-state index is -4.00. The summed E-state index contributed by atoms with van der Waals surface area (Å²) in [4.78, 5) is 12.2. The molecule has 0 spiro atoms. The highest BCUT2D eigenvalue weighted by Gasteiger charge is 2.27. The Kier molecular flexibility index (Phi) is 7.36. The van der Waals surface area contributed by atoms with E-state index in [2.05, 4.69) is 5.32 Å². The molecule has 0 aromatic heterocycles. The first-order chi connectivity index (χ1) is 12.7. The van der Waals surface area contributed by atoms with E-state index in [-0.39, 0.29) is 21.5 Å². The van der Waals surface area contributed by atoms with E-state index in [1.54, 1.807) is 19.1 Å². The van der Waals surface area contributed by atoms with Crippen LogP contribution in [0.4, 0.5) is 5.69 Å². The van der Waals surface area contributed by atoms with Gasteiger partial charge in [-0.1, -0.05) is 41.7 Å². The number of likely N-dealkylation sites (N-methyl/N-ethyl adjacent to an activating group) is 1. The first-order valence-electron chi connectivity index (χ1n) is 7.77. The normalized spacial score (nSPS) is 11.5. The van der Waals surface area contributed by atoms with Crippen LogP contribution in [0.25, 0.3) is 0 Å². The minimum absolute atomic E-state index is 0.0280. The second-order valence-electron chi connectivity index (χ2n) is 5.40. The fourth-order valence-corrected chi connectivity index (χ4v) is 4.69. The van der Waals surface area contributed by atoms with E-state index in [9.17, 15) is 13.2 Å². The van der Waals surface area contributed by atoms with Crippen molar-refractivity contribution in [3.63, 3.8) is 0 Å². The highest BCUT2D eigenvalue weighted by atomic mass is 35.5. The van der Waals surface area contributed by atoms with Crippen molar-refractivity contribution in [3.8, 4) is 5.75 Å². The number of halogens is 3. The van der Waals surface area contributed by atoms with Crippen LogP contribution in [0.1, 0.15) is 6.92 Å². The van der Waals surface area contributed by atoms with E-state index in [0.717, 1.165) is 4.31 Å². The van der Waals surface area contributed by atoms with Crippen LogP contribution in [0.5, 0.6) is 5.75 Å². The van der Waals surface area contributed by atoms with Gasteiger partial charge in [0, 0.05) is 17.3 Å². The van der Waals surface area contributed by atoms with Gasteiger partial charge in [-0.15, -0.1) is 0 Å². The van der Waals surface area contributed by atoms with Gasteiger partial charge in [0.25, 0.3) is 0 Å². The summed E-state index contributed by atoms with van der Waals surface area (Å²) in [6, 6.07) is 8.84. The Morgan fingerprint density at radius 1 is 1.11 bits per heavy atom. The van der Waals surface area contributed by atoms with E-state index >= 15 is 0 Å². The van der Waals surface area contributed by atoms with Crippen LogP contribution in [-0.4, -0.2) is 38.8 Å². The van der Waals surface area contributed by atoms with Crippen LogP contribution >= 0.6 is 34.8 Å². The molecule has 1 amide bonds. The summed E-state index contributed by atoms with van der Waals surface area (Å²) in [7, 11) is -2.52. The fourth-order valence-electron chi connectivity index (χ4n) is 2.29. The molecule has 2 aromatic rings. The summed E-state index contributed by atoms with van der Waals surface area (Å²) in [5, 5.41) is 3.18. The van der Waals surface area contributed by atoms with Crippen LogP contribution in [0.2, 0.25) is 15.1 Å². The number of hydrogen-bond donors (Lipinski definition) is 1. The third kappa shape index (κ3) is 5.27. The molecule has 0 fully saturated rings. The fraction of sp³-hybridized carbons (Fsp3) is 0.235. The average molecular weight is 452 g/mol. The van der Waals surface area contributed by atoms with Gasteiger partial charge < -0.3 is 10.1 Å². The number of rotatable bonds is 7. The number of carbonyl (C=O) groups is 1. The molecule has 1 N–H and O–H groups in total. The molecule has 0 aliphatic rings. The van der Waals surface area contributed by atoms with Crippen molar-refractivity contribution in [3.05, 3.63) is 51.5 Å². The summed E-state index contributed by atoms with van der Waals surface area (Å²) < 4.78 is 31.7. The van der Waals surface area contributed by atoms with Gasteiger partial charge in [0.05, 0.1) is 23.7 Å². The molecule has 2 rings (SSSR count). The van der Waals surface area contributed by atoms with Crippen LogP contribution in [-0.2, 0) is 14.8 Å². The summed E-state index contributed by atoms with van der Waals surface area (Å²) in [5.41, 5.74) is 0.417. The molecule has 0 saturated heterocycles. The van der Waals surface area contributed by atoms with Crippen LogP contribution in [0, 0.1) is 0 Å². The summed E-state index contributed by atoms with van der Waals surface area (Å²) in [6.45, 7) is 1.29. The number of benzene rings is 2. The van der Waals surface area contributed by atoms with Crippen LogP contribution in [0.15, 0.2) is 41.3 Å². The highest BCUT2D eigenvalue weighted by molar-refractivity contribution is 7.89. The Morgan fingerprint density at radius 3 is 2.41 bits per heavy atom. The maximum atomic E-state index is 12.8. The topological polar surface area (TPSA) is 75.7 Å². The Bertz CT molecular complexity index is 951. The van der Waals surface area contributed by atoms with Gasteiger partial charge in [-0.25, -0.2) is 8.42 Å². The van der Waals surface area contributed by atoms with Crippen molar-refractivity contribution in [1.29, 1.82) is 0 Å². The number of hydrogen-bond acceptors (Lipinski definition) is 4.